The first-order valence-corrected chi connectivity index (χ1v) is 13.4. The number of hydrogen-bond acceptors (Lipinski definition) is 8. The Morgan fingerprint density at radius 3 is 2.55 bits per heavy atom. The molecule has 9 nitrogen and oxygen atoms in total. The number of likely N-dealkylation sites (N-methyl/N-ethyl adjacent to an activating group) is 1. The number of nitrogens with zero attached hydrogens (tertiary/aromatic N) is 5. The number of halogens is 4. The zero-order valence-corrected chi connectivity index (χ0v) is 22.6. The summed E-state index contributed by atoms with van der Waals surface area (Å²) in [5.74, 6) is -1.65. The lowest BCUT2D eigenvalue weighted by molar-refractivity contribution is -0.274. The van der Waals surface area contributed by atoms with Crippen molar-refractivity contribution in [2.75, 3.05) is 43.4 Å². The molecule has 1 unspecified atom stereocenters. The summed E-state index contributed by atoms with van der Waals surface area (Å²) in [5.41, 5.74) is 0.108. The third-order valence-electron chi connectivity index (χ3n) is 7.96. The van der Waals surface area contributed by atoms with E-state index in [4.69, 9.17) is 0 Å². The molecular formula is C29H28F4N6O3. The van der Waals surface area contributed by atoms with Crippen LogP contribution in [0.4, 0.5) is 34.6 Å². The first kappa shape index (κ1) is 28.1. The average Bonchev–Trinajstić information content (AvgIpc) is 3.77. The number of piperazine rings is 1. The topological polar surface area (TPSA) is 93.5 Å². The molecule has 2 fully saturated rings. The lowest BCUT2D eigenvalue weighted by Gasteiger charge is -2.37. The Balaban J connectivity index is 1.29. The van der Waals surface area contributed by atoms with Crippen molar-refractivity contribution in [3.8, 4) is 16.9 Å². The lowest BCUT2D eigenvalue weighted by Crippen LogP contribution is -2.54. The van der Waals surface area contributed by atoms with Gasteiger partial charge in [0.25, 0.3) is 0 Å². The maximum absolute atomic E-state index is 15.4. The number of benzene rings is 2. The van der Waals surface area contributed by atoms with Gasteiger partial charge in [0, 0.05) is 61.0 Å². The molecule has 2 aliphatic heterocycles. The molecule has 1 amide bonds. The smallest absolute Gasteiger partial charge is 0.404 e. The molecule has 220 valence electrons. The molecular weight excluding hydrogens is 556 g/mol. The number of aromatic nitrogens is 1. The molecule has 2 N–H and O–H groups in total. The van der Waals surface area contributed by atoms with E-state index in [2.05, 4.69) is 29.8 Å². The fourth-order valence-corrected chi connectivity index (χ4v) is 5.47. The number of aliphatic imine (C=N–C) groups is 1. The van der Waals surface area contributed by atoms with Gasteiger partial charge in [0.05, 0.1) is 12.0 Å². The van der Waals surface area contributed by atoms with E-state index in [0.29, 0.717) is 31.5 Å². The number of alkyl halides is 3. The molecule has 1 aromatic heterocycles. The Bertz CT molecular complexity index is 1520. The minimum absolute atomic E-state index is 0.0616. The van der Waals surface area contributed by atoms with Crippen LogP contribution in [0.5, 0.6) is 5.75 Å². The van der Waals surface area contributed by atoms with Gasteiger partial charge in [0.2, 0.25) is 5.91 Å². The van der Waals surface area contributed by atoms with E-state index < -0.39 is 35.6 Å². The van der Waals surface area contributed by atoms with Crippen LogP contribution in [-0.4, -0.2) is 77.3 Å². The second kappa shape index (κ2) is 10.6. The fraction of sp³-hybridized carbons (Fsp3) is 0.345. The van der Waals surface area contributed by atoms with E-state index in [1.807, 2.05) is 7.05 Å². The SMILES string of the molecule is CN1CCN(C2(C(=O)Nc3cc(N4C=Nc5c(ccc(-c6cccnc6)c5F)C4O)ccc3OC(F)(F)F)CC2)CC1. The van der Waals surface area contributed by atoms with Crippen LogP contribution < -0.4 is 15.0 Å². The number of ether oxygens (including phenoxy) is 1. The normalized spacial score (nSPS) is 20.2. The van der Waals surface area contributed by atoms with Crippen molar-refractivity contribution in [1.29, 1.82) is 0 Å². The van der Waals surface area contributed by atoms with Crippen molar-refractivity contribution in [2.45, 2.75) is 31.0 Å². The predicted octanol–water partition coefficient (Wildman–Crippen LogP) is 4.68. The number of carbonyl (C=O) groups is 1. The van der Waals surface area contributed by atoms with Gasteiger partial charge < -0.3 is 25.0 Å². The van der Waals surface area contributed by atoms with Gasteiger partial charge in [-0.25, -0.2) is 9.38 Å². The minimum atomic E-state index is -5.00. The van der Waals surface area contributed by atoms with Crippen molar-refractivity contribution in [3.63, 3.8) is 0 Å². The van der Waals surface area contributed by atoms with E-state index in [0.717, 1.165) is 19.2 Å². The van der Waals surface area contributed by atoms with Crippen molar-refractivity contribution >= 4 is 29.3 Å². The van der Waals surface area contributed by atoms with Gasteiger partial charge >= 0.3 is 6.36 Å². The van der Waals surface area contributed by atoms with Gasteiger partial charge in [-0.1, -0.05) is 18.2 Å². The molecule has 0 bridgehead atoms. The quantitative estimate of drug-likeness (QED) is 0.407. The number of fused-ring (bicyclic) bond motifs is 1. The predicted molar refractivity (Wildman–Crippen MR) is 148 cm³/mol. The summed E-state index contributed by atoms with van der Waals surface area (Å²) in [4.78, 5) is 27.2. The fourth-order valence-electron chi connectivity index (χ4n) is 5.47. The minimum Gasteiger partial charge on any atom is -0.404 e. The summed E-state index contributed by atoms with van der Waals surface area (Å²) in [6, 6.07) is 10.1. The zero-order valence-electron chi connectivity index (χ0n) is 22.6. The Morgan fingerprint density at radius 2 is 1.88 bits per heavy atom. The Kier molecular flexibility index (Phi) is 7.11. The van der Waals surface area contributed by atoms with Crippen molar-refractivity contribution in [1.82, 2.24) is 14.8 Å². The monoisotopic (exact) mass is 584 g/mol. The largest absolute Gasteiger partial charge is 0.573 e. The number of carbonyl (C=O) groups excluding carboxylic acids is 1. The van der Waals surface area contributed by atoms with Gasteiger partial charge in [0.1, 0.15) is 11.2 Å². The number of aliphatic hydroxyl groups is 1. The standard InChI is InChI=1S/C29H28F4N6O3/c1-37-11-13-38(14-12-37)28(8-9-28)27(41)36-22-15-19(4-7-23(22)42-29(31,32)33)39-17-35-25-21(26(39)40)6-5-20(24(25)30)18-3-2-10-34-16-18/h2-7,10,15-17,26,40H,8-9,11-14H2,1H3,(H,36,41). The van der Waals surface area contributed by atoms with E-state index in [1.54, 1.807) is 18.3 Å². The van der Waals surface area contributed by atoms with Crippen LogP contribution in [0.1, 0.15) is 24.6 Å². The van der Waals surface area contributed by atoms with Crippen LogP contribution in [0.2, 0.25) is 0 Å². The van der Waals surface area contributed by atoms with Gasteiger partial charge in [0.15, 0.2) is 17.8 Å². The summed E-state index contributed by atoms with van der Waals surface area (Å²) in [6.07, 6.45) is -0.941. The summed E-state index contributed by atoms with van der Waals surface area (Å²) in [7, 11) is 1.99. The molecule has 1 saturated heterocycles. The molecule has 13 heteroatoms. The van der Waals surface area contributed by atoms with Crippen molar-refractivity contribution < 1.29 is 32.2 Å². The summed E-state index contributed by atoms with van der Waals surface area (Å²) < 4.78 is 59.4. The molecule has 2 aromatic carbocycles. The van der Waals surface area contributed by atoms with Crippen molar-refractivity contribution in [3.05, 3.63) is 66.2 Å². The van der Waals surface area contributed by atoms with Crippen LogP contribution in [0.25, 0.3) is 11.1 Å². The molecule has 3 aliphatic rings. The molecule has 1 saturated carbocycles. The first-order chi connectivity index (χ1) is 20.1. The molecule has 42 heavy (non-hydrogen) atoms. The highest BCUT2D eigenvalue weighted by molar-refractivity contribution is 6.02. The van der Waals surface area contributed by atoms with Gasteiger partial charge in [-0.05, 0) is 44.2 Å². The number of pyridine rings is 1. The highest BCUT2D eigenvalue weighted by Crippen LogP contribution is 2.45. The van der Waals surface area contributed by atoms with Crippen LogP contribution in [0.15, 0.2) is 59.9 Å². The van der Waals surface area contributed by atoms with E-state index in [9.17, 15) is 23.1 Å². The van der Waals surface area contributed by atoms with E-state index in [1.165, 1.54) is 41.7 Å². The highest BCUT2D eigenvalue weighted by atomic mass is 19.4. The van der Waals surface area contributed by atoms with Gasteiger partial charge in [-0.15, -0.1) is 13.2 Å². The third kappa shape index (κ3) is 5.30. The maximum Gasteiger partial charge on any atom is 0.573 e. The molecule has 3 aromatic rings. The van der Waals surface area contributed by atoms with Gasteiger partial charge in [-0.2, -0.15) is 0 Å². The number of nitrogens with one attached hydrogen (secondary N) is 1. The zero-order chi connectivity index (χ0) is 29.6. The summed E-state index contributed by atoms with van der Waals surface area (Å²) >= 11 is 0. The van der Waals surface area contributed by atoms with Crippen LogP contribution in [0.3, 0.4) is 0 Å². The number of hydrogen-bond donors (Lipinski definition) is 2. The second-order valence-electron chi connectivity index (χ2n) is 10.6. The van der Waals surface area contributed by atoms with Gasteiger partial charge in [-0.3, -0.25) is 14.7 Å². The van der Waals surface area contributed by atoms with Crippen LogP contribution in [0, 0.1) is 5.82 Å². The molecule has 0 radical (unpaired) electrons. The van der Waals surface area contributed by atoms with E-state index in [-0.39, 0.29) is 28.2 Å². The Hall–Kier alpha value is -4.07. The second-order valence-corrected chi connectivity index (χ2v) is 10.6. The number of anilines is 2. The number of amides is 1. The third-order valence-corrected chi connectivity index (χ3v) is 7.96. The van der Waals surface area contributed by atoms with Crippen LogP contribution >= 0.6 is 0 Å². The van der Waals surface area contributed by atoms with Crippen molar-refractivity contribution in [2.24, 2.45) is 4.99 Å². The Morgan fingerprint density at radius 1 is 1.12 bits per heavy atom. The molecule has 1 atom stereocenters. The molecule has 6 rings (SSSR count). The van der Waals surface area contributed by atoms with Crippen LogP contribution in [-0.2, 0) is 4.79 Å². The number of aliphatic hydroxyl groups excluding tert-OH is 1. The number of rotatable bonds is 6. The summed E-state index contributed by atoms with van der Waals surface area (Å²) in [6.45, 7) is 2.91. The lowest BCUT2D eigenvalue weighted by atomic mass is 10.0. The molecule has 3 heterocycles. The molecule has 0 spiro atoms. The maximum atomic E-state index is 15.4. The van der Waals surface area contributed by atoms with E-state index >= 15 is 4.39 Å². The average molecular weight is 585 g/mol. The Labute approximate surface area is 239 Å². The molecule has 1 aliphatic carbocycles. The highest BCUT2D eigenvalue weighted by Gasteiger charge is 2.55. The summed E-state index contributed by atoms with van der Waals surface area (Å²) in [5, 5.41) is 13.8. The first-order valence-electron chi connectivity index (χ1n) is 13.4.